The molecule has 0 aliphatic heterocycles. The zero-order valence-electron chi connectivity index (χ0n) is 10.8. The molecule has 3 heteroatoms. The minimum absolute atomic E-state index is 0.220. The van der Waals surface area contributed by atoms with Gasteiger partial charge in [0.2, 0.25) is 0 Å². The molecule has 17 heavy (non-hydrogen) atoms. The van der Waals surface area contributed by atoms with E-state index < -0.39 is 0 Å². The lowest BCUT2D eigenvalue weighted by Crippen LogP contribution is -2.16. The summed E-state index contributed by atoms with van der Waals surface area (Å²) in [6.07, 6.45) is 1.08. The van der Waals surface area contributed by atoms with Gasteiger partial charge in [0.1, 0.15) is 6.54 Å². The Bertz CT molecular complexity index is 344. The predicted molar refractivity (Wildman–Crippen MR) is 70.1 cm³/mol. The summed E-state index contributed by atoms with van der Waals surface area (Å²) >= 11 is 0. The minimum Gasteiger partial charge on any atom is -0.465 e. The molecule has 0 bridgehead atoms. The molecule has 0 aliphatic carbocycles. The Morgan fingerprint density at radius 3 is 2.47 bits per heavy atom. The maximum absolute atomic E-state index is 11.1. The molecule has 1 rings (SSSR count). The summed E-state index contributed by atoms with van der Waals surface area (Å²) in [4.78, 5) is 11.1. The smallest absolute Gasteiger partial charge is 0.325 e. The van der Waals surface area contributed by atoms with Crippen molar-refractivity contribution < 1.29 is 9.53 Å². The van der Waals surface area contributed by atoms with Crippen molar-refractivity contribution in [2.75, 3.05) is 18.5 Å². The normalized spacial score (nSPS) is 10.4. The van der Waals surface area contributed by atoms with Crippen LogP contribution >= 0.6 is 0 Å². The Hall–Kier alpha value is -1.51. The number of ether oxygens (including phenoxy) is 1. The molecule has 0 unspecified atom stereocenters. The monoisotopic (exact) mass is 235 g/mol. The highest BCUT2D eigenvalue weighted by molar-refractivity contribution is 5.74. The largest absolute Gasteiger partial charge is 0.465 e. The van der Waals surface area contributed by atoms with E-state index in [1.54, 1.807) is 6.92 Å². The first-order chi connectivity index (χ1) is 8.11. The van der Waals surface area contributed by atoms with Crippen LogP contribution in [-0.4, -0.2) is 19.1 Å². The maximum Gasteiger partial charge on any atom is 0.325 e. The summed E-state index contributed by atoms with van der Waals surface area (Å²) in [5, 5.41) is 3.04. The third-order valence-corrected chi connectivity index (χ3v) is 2.34. The molecule has 0 amide bonds. The highest BCUT2D eigenvalue weighted by atomic mass is 16.5. The van der Waals surface area contributed by atoms with Gasteiger partial charge in [0, 0.05) is 5.69 Å². The van der Waals surface area contributed by atoms with Crippen LogP contribution in [0.15, 0.2) is 24.3 Å². The molecule has 1 aromatic rings. The second kappa shape index (κ2) is 6.94. The van der Waals surface area contributed by atoms with Crippen molar-refractivity contribution in [1.82, 2.24) is 0 Å². The first-order valence-corrected chi connectivity index (χ1v) is 6.10. The Kier molecular flexibility index (Phi) is 5.53. The molecule has 0 radical (unpaired) electrons. The summed E-state index contributed by atoms with van der Waals surface area (Å²) in [6.45, 7) is 6.85. The van der Waals surface area contributed by atoms with Gasteiger partial charge in [-0.1, -0.05) is 26.0 Å². The van der Waals surface area contributed by atoms with E-state index >= 15 is 0 Å². The van der Waals surface area contributed by atoms with Crippen molar-refractivity contribution in [3.05, 3.63) is 29.8 Å². The third-order valence-electron chi connectivity index (χ3n) is 2.34. The molecule has 1 N–H and O–H groups in total. The molecular weight excluding hydrogens is 214 g/mol. The molecule has 0 aromatic heterocycles. The van der Waals surface area contributed by atoms with Gasteiger partial charge in [0.05, 0.1) is 6.61 Å². The second-order valence-electron chi connectivity index (χ2n) is 4.45. The molecule has 0 fully saturated rings. The van der Waals surface area contributed by atoms with E-state index in [-0.39, 0.29) is 12.5 Å². The molecule has 94 valence electrons. The second-order valence-corrected chi connectivity index (χ2v) is 4.45. The number of rotatable bonds is 6. The quantitative estimate of drug-likeness (QED) is 0.770. The Labute approximate surface area is 103 Å². The lowest BCUT2D eigenvalue weighted by Gasteiger charge is -2.08. The molecule has 0 spiro atoms. The van der Waals surface area contributed by atoms with Crippen molar-refractivity contribution in [3.8, 4) is 0 Å². The zero-order valence-corrected chi connectivity index (χ0v) is 10.8. The van der Waals surface area contributed by atoms with Gasteiger partial charge >= 0.3 is 5.97 Å². The number of carbonyl (C=O) groups excluding carboxylic acids is 1. The van der Waals surface area contributed by atoms with Crippen LogP contribution in [0.3, 0.4) is 0 Å². The van der Waals surface area contributed by atoms with Crippen LogP contribution in [0.2, 0.25) is 0 Å². The number of hydrogen-bond donors (Lipinski definition) is 1. The fourth-order valence-corrected chi connectivity index (χ4v) is 1.62. The van der Waals surface area contributed by atoms with Crippen molar-refractivity contribution in [2.45, 2.75) is 27.2 Å². The highest BCUT2D eigenvalue weighted by Gasteiger charge is 2.01. The van der Waals surface area contributed by atoms with E-state index in [0.717, 1.165) is 12.1 Å². The van der Waals surface area contributed by atoms with Crippen molar-refractivity contribution in [2.24, 2.45) is 5.92 Å². The third kappa shape index (κ3) is 5.38. The average Bonchev–Trinajstić information content (AvgIpc) is 2.28. The lowest BCUT2D eigenvalue weighted by molar-refractivity contribution is -0.140. The number of esters is 1. The topological polar surface area (TPSA) is 38.3 Å². The van der Waals surface area contributed by atoms with Gasteiger partial charge in [-0.25, -0.2) is 0 Å². The maximum atomic E-state index is 11.1. The highest BCUT2D eigenvalue weighted by Crippen LogP contribution is 2.12. The van der Waals surface area contributed by atoms with E-state index in [4.69, 9.17) is 4.74 Å². The van der Waals surface area contributed by atoms with Gasteiger partial charge in [-0.15, -0.1) is 0 Å². The van der Waals surface area contributed by atoms with Crippen LogP contribution in [0.1, 0.15) is 26.3 Å². The SMILES string of the molecule is CCOC(=O)CNc1ccc(CC(C)C)cc1. The first-order valence-electron chi connectivity index (χ1n) is 6.10. The summed E-state index contributed by atoms with van der Waals surface area (Å²) in [5.41, 5.74) is 2.27. The number of anilines is 1. The molecule has 1 aromatic carbocycles. The van der Waals surface area contributed by atoms with E-state index in [9.17, 15) is 4.79 Å². The molecular formula is C14H21NO2. The van der Waals surface area contributed by atoms with Gasteiger partial charge in [0.25, 0.3) is 0 Å². The Morgan fingerprint density at radius 1 is 1.29 bits per heavy atom. The fraction of sp³-hybridized carbons (Fsp3) is 0.500. The van der Waals surface area contributed by atoms with Gasteiger partial charge in [-0.2, -0.15) is 0 Å². The van der Waals surface area contributed by atoms with Crippen molar-refractivity contribution in [3.63, 3.8) is 0 Å². The number of benzene rings is 1. The van der Waals surface area contributed by atoms with Crippen LogP contribution < -0.4 is 5.32 Å². The van der Waals surface area contributed by atoms with Gasteiger partial charge in [-0.05, 0) is 37.0 Å². The van der Waals surface area contributed by atoms with Crippen LogP contribution in [0.4, 0.5) is 5.69 Å². The molecule has 0 atom stereocenters. The molecule has 0 saturated carbocycles. The van der Waals surface area contributed by atoms with Crippen LogP contribution in [0.25, 0.3) is 0 Å². The van der Waals surface area contributed by atoms with Gasteiger partial charge in [0.15, 0.2) is 0 Å². The van der Waals surface area contributed by atoms with Crippen molar-refractivity contribution >= 4 is 11.7 Å². The molecule has 0 saturated heterocycles. The Balaban J connectivity index is 2.42. The van der Waals surface area contributed by atoms with E-state index in [1.165, 1.54) is 5.56 Å². The predicted octanol–water partition coefficient (Wildman–Crippen LogP) is 2.86. The summed E-state index contributed by atoms with van der Waals surface area (Å²) in [6, 6.07) is 8.18. The number of nitrogens with one attached hydrogen (secondary N) is 1. The molecule has 0 aliphatic rings. The Morgan fingerprint density at radius 2 is 1.94 bits per heavy atom. The van der Waals surface area contributed by atoms with Crippen LogP contribution in [0.5, 0.6) is 0 Å². The summed E-state index contributed by atoms with van der Waals surface area (Å²) in [5.74, 6) is 0.437. The van der Waals surface area contributed by atoms with Crippen LogP contribution in [0, 0.1) is 5.92 Å². The average molecular weight is 235 g/mol. The zero-order chi connectivity index (χ0) is 12.7. The van der Waals surface area contributed by atoms with Gasteiger partial charge < -0.3 is 10.1 Å². The minimum atomic E-state index is -0.223. The fourth-order valence-electron chi connectivity index (χ4n) is 1.62. The molecule has 0 heterocycles. The lowest BCUT2D eigenvalue weighted by atomic mass is 10.0. The van der Waals surface area contributed by atoms with Gasteiger partial charge in [-0.3, -0.25) is 4.79 Å². The van der Waals surface area contributed by atoms with Crippen molar-refractivity contribution in [1.29, 1.82) is 0 Å². The summed E-state index contributed by atoms with van der Waals surface area (Å²) < 4.78 is 4.84. The summed E-state index contributed by atoms with van der Waals surface area (Å²) in [7, 11) is 0. The van der Waals surface area contributed by atoms with Crippen LogP contribution in [-0.2, 0) is 16.0 Å². The van der Waals surface area contributed by atoms with E-state index in [2.05, 4.69) is 31.3 Å². The number of carbonyl (C=O) groups is 1. The standard InChI is InChI=1S/C14H21NO2/c1-4-17-14(16)10-15-13-7-5-12(6-8-13)9-11(2)3/h5-8,11,15H,4,9-10H2,1-3H3. The molecule has 3 nitrogen and oxygen atoms in total. The first kappa shape index (κ1) is 13.6. The van der Waals surface area contributed by atoms with E-state index in [1.807, 2.05) is 12.1 Å². The van der Waals surface area contributed by atoms with E-state index in [0.29, 0.717) is 12.5 Å². The number of hydrogen-bond acceptors (Lipinski definition) is 3.